The number of hydrogen-bond donors (Lipinski definition) is 1. The normalized spacial score (nSPS) is 10.9. The number of sulfone groups is 1. The van der Waals surface area contributed by atoms with Crippen molar-refractivity contribution < 1.29 is 13.2 Å². The Kier molecular flexibility index (Phi) is 7.18. The van der Waals surface area contributed by atoms with E-state index < -0.39 is 9.84 Å². The zero-order valence-electron chi connectivity index (χ0n) is 16.4. The van der Waals surface area contributed by atoms with E-state index in [2.05, 4.69) is 24.1 Å². The number of anilines is 2. The topological polar surface area (TPSA) is 90.3 Å². The molecule has 7 heteroatoms. The monoisotopic (exact) mass is 399 g/mol. The van der Waals surface area contributed by atoms with Crippen LogP contribution in [0.5, 0.6) is 0 Å². The molecule has 2 aromatic carbocycles. The standard InChI is InChI=1S/C21H25N3O3S/c1-4-24(5-2)18-8-11-20(16(3)14-18)23-21(25)12-13-28(26,27)19-9-6-17(15-22)7-10-19/h6-11,14H,4-5,12-13H2,1-3H3,(H,23,25). The van der Waals surface area contributed by atoms with Crippen molar-refractivity contribution in [1.29, 1.82) is 5.26 Å². The average molecular weight is 400 g/mol. The molecule has 1 N–H and O–H groups in total. The zero-order valence-corrected chi connectivity index (χ0v) is 17.2. The fourth-order valence-electron chi connectivity index (χ4n) is 2.87. The number of carbonyl (C=O) groups excluding carboxylic acids is 1. The third-order valence-electron chi connectivity index (χ3n) is 4.55. The summed E-state index contributed by atoms with van der Waals surface area (Å²) in [5.41, 5.74) is 3.08. The van der Waals surface area contributed by atoms with Crippen molar-refractivity contribution in [2.24, 2.45) is 0 Å². The lowest BCUT2D eigenvalue weighted by Gasteiger charge is -2.22. The third kappa shape index (κ3) is 5.33. The smallest absolute Gasteiger partial charge is 0.225 e. The van der Waals surface area contributed by atoms with E-state index in [1.807, 2.05) is 31.2 Å². The zero-order chi connectivity index (χ0) is 20.7. The van der Waals surface area contributed by atoms with E-state index >= 15 is 0 Å². The molecular formula is C21H25N3O3S. The van der Waals surface area contributed by atoms with Gasteiger partial charge in [0.2, 0.25) is 5.91 Å². The number of nitriles is 1. The molecule has 0 aliphatic rings. The van der Waals surface area contributed by atoms with Crippen molar-refractivity contribution in [2.45, 2.75) is 32.1 Å². The number of carbonyl (C=O) groups is 1. The molecule has 2 rings (SSSR count). The molecule has 148 valence electrons. The number of nitrogens with one attached hydrogen (secondary N) is 1. The summed E-state index contributed by atoms with van der Waals surface area (Å²) in [4.78, 5) is 14.6. The maximum Gasteiger partial charge on any atom is 0.225 e. The minimum atomic E-state index is -3.58. The average Bonchev–Trinajstić information content (AvgIpc) is 2.69. The number of aryl methyl sites for hydroxylation is 1. The summed E-state index contributed by atoms with van der Waals surface area (Å²) < 4.78 is 24.7. The van der Waals surface area contributed by atoms with E-state index in [4.69, 9.17) is 5.26 Å². The van der Waals surface area contributed by atoms with Crippen molar-refractivity contribution in [2.75, 3.05) is 29.1 Å². The molecule has 6 nitrogen and oxygen atoms in total. The van der Waals surface area contributed by atoms with Gasteiger partial charge in [-0.2, -0.15) is 5.26 Å². The molecule has 0 spiro atoms. The Morgan fingerprint density at radius 3 is 2.29 bits per heavy atom. The molecule has 0 aliphatic heterocycles. The first kappa shape index (κ1) is 21.5. The van der Waals surface area contributed by atoms with Gasteiger partial charge in [-0.15, -0.1) is 0 Å². The van der Waals surface area contributed by atoms with Gasteiger partial charge in [0.05, 0.1) is 22.3 Å². The maximum absolute atomic E-state index is 12.4. The molecule has 0 bridgehead atoms. The first-order valence-electron chi connectivity index (χ1n) is 9.19. The van der Waals surface area contributed by atoms with Crippen LogP contribution in [0, 0.1) is 18.3 Å². The van der Waals surface area contributed by atoms with Gasteiger partial charge in [0.1, 0.15) is 0 Å². The van der Waals surface area contributed by atoms with E-state index in [0.717, 1.165) is 24.3 Å². The Hall–Kier alpha value is -2.85. The molecule has 0 aromatic heterocycles. The molecule has 0 atom stereocenters. The summed E-state index contributed by atoms with van der Waals surface area (Å²) in [6, 6.07) is 13.4. The molecule has 0 fully saturated rings. The van der Waals surface area contributed by atoms with Crippen molar-refractivity contribution >= 4 is 27.1 Å². The predicted octanol–water partition coefficient (Wildman–Crippen LogP) is 3.52. The van der Waals surface area contributed by atoms with Gasteiger partial charge < -0.3 is 10.2 Å². The minimum Gasteiger partial charge on any atom is -0.372 e. The molecule has 0 radical (unpaired) electrons. The molecule has 0 saturated heterocycles. The van der Waals surface area contributed by atoms with E-state index in [-0.39, 0.29) is 23.0 Å². The van der Waals surface area contributed by atoms with Crippen LogP contribution in [-0.2, 0) is 14.6 Å². The van der Waals surface area contributed by atoms with Crippen LogP contribution < -0.4 is 10.2 Å². The quantitative estimate of drug-likeness (QED) is 0.733. The maximum atomic E-state index is 12.4. The lowest BCUT2D eigenvalue weighted by atomic mass is 10.1. The largest absolute Gasteiger partial charge is 0.372 e. The highest BCUT2D eigenvalue weighted by atomic mass is 32.2. The van der Waals surface area contributed by atoms with Gasteiger partial charge in [0, 0.05) is 30.9 Å². The van der Waals surface area contributed by atoms with Crippen LogP contribution >= 0.6 is 0 Å². The SMILES string of the molecule is CCN(CC)c1ccc(NC(=O)CCS(=O)(=O)c2ccc(C#N)cc2)c(C)c1. The van der Waals surface area contributed by atoms with Crippen molar-refractivity contribution in [3.05, 3.63) is 53.6 Å². The fraction of sp³-hybridized carbons (Fsp3) is 0.333. The lowest BCUT2D eigenvalue weighted by Crippen LogP contribution is -2.22. The Morgan fingerprint density at radius 2 is 1.75 bits per heavy atom. The van der Waals surface area contributed by atoms with Crippen LogP contribution in [0.2, 0.25) is 0 Å². The number of benzene rings is 2. The first-order valence-corrected chi connectivity index (χ1v) is 10.8. The number of amides is 1. The van der Waals surface area contributed by atoms with Crippen molar-refractivity contribution in [3.8, 4) is 6.07 Å². The van der Waals surface area contributed by atoms with Gasteiger partial charge in [0.25, 0.3) is 0 Å². The molecule has 2 aromatic rings. The van der Waals surface area contributed by atoms with Gasteiger partial charge in [-0.1, -0.05) is 0 Å². The molecule has 0 aliphatic carbocycles. The van der Waals surface area contributed by atoms with E-state index in [1.165, 1.54) is 24.3 Å². The molecule has 0 heterocycles. The Labute approximate surface area is 166 Å². The Morgan fingerprint density at radius 1 is 1.11 bits per heavy atom. The summed E-state index contributed by atoms with van der Waals surface area (Å²) in [6.45, 7) is 7.88. The summed E-state index contributed by atoms with van der Waals surface area (Å²) >= 11 is 0. The third-order valence-corrected chi connectivity index (χ3v) is 6.29. The van der Waals surface area contributed by atoms with Crippen LogP contribution in [-0.4, -0.2) is 33.2 Å². The summed E-state index contributed by atoms with van der Waals surface area (Å²) in [5.74, 6) is -0.641. The summed E-state index contributed by atoms with van der Waals surface area (Å²) in [6.07, 6.45) is -0.139. The number of hydrogen-bond acceptors (Lipinski definition) is 5. The fourth-order valence-corrected chi connectivity index (χ4v) is 4.11. The van der Waals surface area contributed by atoms with Gasteiger partial charge in [-0.05, 0) is 68.8 Å². The molecule has 0 unspecified atom stereocenters. The van der Waals surface area contributed by atoms with E-state index in [1.54, 1.807) is 0 Å². The highest BCUT2D eigenvalue weighted by Gasteiger charge is 2.17. The summed E-state index contributed by atoms with van der Waals surface area (Å²) in [5, 5.41) is 11.6. The van der Waals surface area contributed by atoms with E-state index in [0.29, 0.717) is 11.3 Å². The molecule has 0 saturated carbocycles. The second-order valence-corrected chi connectivity index (χ2v) is 8.53. The number of rotatable bonds is 8. The van der Waals surface area contributed by atoms with E-state index in [9.17, 15) is 13.2 Å². The van der Waals surface area contributed by atoms with Gasteiger partial charge >= 0.3 is 0 Å². The Bertz CT molecular complexity index is 973. The van der Waals surface area contributed by atoms with Crippen LogP contribution in [0.1, 0.15) is 31.4 Å². The van der Waals surface area contributed by atoms with Gasteiger partial charge in [0.15, 0.2) is 9.84 Å². The van der Waals surface area contributed by atoms with Crippen LogP contribution in [0.3, 0.4) is 0 Å². The van der Waals surface area contributed by atoms with Crippen LogP contribution in [0.25, 0.3) is 0 Å². The first-order chi connectivity index (χ1) is 13.3. The van der Waals surface area contributed by atoms with Crippen LogP contribution in [0.15, 0.2) is 47.4 Å². The highest BCUT2D eigenvalue weighted by Crippen LogP contribution is 2.23. The van der Waals surface area contributed by atoms with Crippen molar-refractivity contribution in [3.63, 3.8) is 0 Å². The highest BCUT2D eigenvalue weighted by molar-refractivity contribution is 7.91. The second kappa shape index (κ2) is 9.38. The lowest BCUT2D eigenvalue weighted by molar-refractivity contribution is -0.115. The molecule has 1 amide bonds. The minimum absolute atomic E-state index is 0.110. The van der Waals surface area contributed by atoms with Gasteiger partial charge in [-0.3, -0.25) is 4.79 Å². The van der Waals surface area contributed by atoms with Gasteiger partial charge in [-0.25, -0.2) is 8.42 Å². The number of nitrogens with zero attached hydrogens (tertiary/aromatic N) is 2. The van der Waals surface area contributed by atoms with Crippen LogP contribution in [0.4, 0.5) is 11.4 Å². The Balaban J connectivity index is 2.01. The van der Waals surface area contributed by atoms with Crippen molar-refractivity contribution in [1.82, 2.24) is 0 Å². The second-order valence-electron chi connectivity index (χ2n) is 6.42. The molecular weight excluding hydrogens is 374 g/mol. The summed E-state index contributed by atoms with van der Waals surface area (Å²) in [7, 11) is -3.58. The predicted molar refractivity (Wildman–Crippen MR) is 111 cm³/mol. The molecule has 28 heavy (non-hydrogen) atoms.